The molecule has 0 bridgehead atoms. The normalized spacial score (nSPS) is 9.71. The Morgan fingerprint density at radius 2 is 2.21 bits per heavy atom. The number of hydrogen-bond acceptors (Lipinski definition) is 3. The van der Waals surface area contributed by atoms with Gasteiger partial charge in [0, 0.05) is 11.6 Å². The summed E-state index contributed by atoms with van der Waals surface area (Å²) in [5.41, 5.74) is 0.753. The van der Waals surface area contributed by atoms with Crippen molar-refractivity contribution in [1.29, 1.82) is 5.26 Å². The van der Waals surface area contributed by atoms with Gasteiger partial charge in [-0.05, 0) is 12.1 Å². The molecule has 0 unspecified atom stereocenters. The molecule has 0 aliphatic rings. The van der Waals surface area contributed by atoms with Gasteiger partial charge in [0.05, 0.1) is 0 Å². The first-order valence-electron chi connectivity index (χ1n) is 3.92. The van der Waals surface area contributed by atoms with E-state index in [0.717, 1.165) is 0 Å². The molecular formula is C10H5FN2O. The SMILES string of the molecule is N#Cc1cc(-c2cccc(F)c2)on1. The van der Waals surface area contributed by atoms with E-state index >= 15 is 0 Å². The smallest absolute Gasteiger partial charge is 0.184 e. The first-order chi connectivity index (χ1) is 6.79. The van der Waals surface area contributed by atoms with Gasteiger partial charge in [0.15, 0.2) is 11.5 Å². The highest BCUT2D eigenvalue weighted by molar-refractivity contribution is 5.57. The fourth-order valence-corrected chi connectivity index (χ4v) is 1.11. The van der Waals surface area contributed by atoms with Crippen LogP contribution in [0.3, 0.4) is 0 Å². The lowest BCUT2D eigenvalue weighted by Gasteiger charge is -1.93. The highest BCUT2D eigenvalue weighted by atomic mass is 19.1. The molecule has 0 fully saturated rings. The number of rotatable bonds is 1. The van der Waals surface area contributed by atoms with Crippen molar-refractivity contribution in [2.24, 2.45) is 0 Å². The van der Waals surface area contributed by atoms with E-state index in [9.17, 15) is 4.39 Å². The van der Waals surface area contributed by atoms with Crippen LogP contribution in [-0.2, 0) is 0 Å². The van der Waals surface area contributed by atoms with Crippen LogP contribution in [0.5, 0.6) is 0 Å². The van der Waals surface area contributed by atoms with E-state index in [-0.39, 0.29) is 11.5 Å². The van der Waals surface area contributed by atoms with E-state index in [0.29, 0.717) is 11.3 Å². The van der Waals surface area contributed by atoms with Gasteiger partial charge in [-0.3, -0.25) is 0 Å². The van der Waals surface area contributed by atoms with Crippen LogP contribution < -0.4 is 0 Å². The quantitative estimate of drug-likeness (QED) is 0.690. The summed E-state index contributed by atoms with van der Waals surface area (Å²) in [4.78, 5) is 0. The Kier molecular flexibility index (Phi) is 1.99. The third-order valence-electron chi connectivity index (χ3n) is 1.73. The van der Waals surface area contributed by atoms with Gasteiger partial charge >= 0.3 is 0 Å². The molecule has 2 aromatic rings. The Labute approximate surface area is 79.4 Å². The standard InChI is InChI=1S/C10H5FN2O/c11-8-3-1-2-7(4-8)10-5-9(6-12)13-14-10/h1-5H. The van der Waals surface area contributed by atoms with Gasteiger partial charge in [0.2, 0.25) is 0 Å². The van der Waals surface area contributed by atoms with Crippen molar-refractivity contribution < 1.29 is 8.91 Å². The second-order valence-electron chi connectivity index (χ2n) is 2.70. The number of benzene rings is 1. The number of nitrogens with zero attached hydrogens (tertiary/aromatic N) is 2. The zero-order valence-corrected chi connectivity index (χ0v) is 7.07. The van der Waals surface area contributed by atoms with Crippen LogP contribution in [0.2, 0.25) is 0 Å². The second kappa shape index (κ2) is 3.30. The van der Waals surface area contributed by atoms with Crippen LogP contribution in [-0.4, -0.2) is 5.16 Å². The summed E-state index contributed by atoms with van der Waals surface area (Å²) in [6, 6.07) is 9.21. The fraction of sp³-hybridized carbons (Fsp3) is 0. The highest BCUT2D eigenvalue weighted by Crippen LogP contribution is 2.20. The minimum atomic E-state index is -0.350. The van der Waals surface area contributed by atoms with Crippen molar-refractivity contribution in [3.63, 3.8) is 0 Å². The average Bonchev–Trinajstić information content (AvgIpc) is 2.66. The third-order valence-corrected chi connectivity index (χ3v) is 1.73. The zero-order chi connectivity index (χ0) is 9.97. The maximum atomic E-state index is 12.8. The molecule has 0 atom stereocenters. The van der Waals surface area contributed by atoms with E-state index in [1.165, 1.54) is 18.2 Å². The Bertz CT molecular complexity index is 499. The molecule has 0 radical (unpaired) electrons. The van der Waals surface area contributed by atoms with Gasteiger partial charge in [0.1, 0.15) is 11.9 Å². The van der Waals surface area contributed by atoms with Crippen LogP contribution in [0, 0.1) is 17.1 Å². The van der Waals surface area contributed by atoms with Gasteiger partial charge in [-0.1, -0.05) is 17.3 Å². The summed E-state index contributed by atoms with van der Waals surface area (Å²) in [6.07, 6.45) is 0. The summed E-state index contributed by atoms with van der Waals surface area (Å²) in [7, 11) is 0. The van der Waals surface area contributed by atoms with E-state index in [2.05, 4.69) is 5.16 Å². The topological polar surface area (TPSA) is 49.8 Å². The molecule has 3 nitrogen and oxygen atoms in total. The summed E-state index contributed by atoms with van der Waals surface area (Å²) in [6.45, 7) is 0. The molecule has 1 aromatic carbocycles. The number of aromatic nitrogens is 1. The fourth-order valence-electron chi connectivity index (χ4n) is 1.11. The molecule has 0 saturated heterocycles. The summed E-state index contributed by atoms with van der Waals surface area (Å²) in [5, 5.41) is 12.0. The molecule has 0 aliphatic heterocycles. The van der Waals surface area contributed by atoms with E-state index in [4.69, 9.17) is 9.78 Å². The molecule has 0 amide bonds. The summed E-state index contributed by atoms with van der Waals surface area (Å²) < 4.78 is 17.7. The lowest BCUT2D eigenvalue weighted by molar-refractivity contribution is 0.430. The van der Waals surface area contributed by atoms with Crippen molar-refractivity contribution in [3.05, 3.63) is 41.8 Å². The predicted molar refractivity (Wildman–Crippen MR) is 46.6 cm³/mol. The largest absolute Gasteiger partial charge is 0.355 e. The number of halogens is 1. The Morgan fingerprint density at radius 1 is 1.36 bits per heavy atom. The van der Waals surface area contributed by atoms with E-state index in [1.54, 1.807) is 12.1 Å². The van der Waals surface area contributed by atoms with E-state index < -0.39 is 0 Å². The number of hydrogen-bond donors (Lipinski definition) is 0. The van der Waals surface area contributed by atoms with Gasteiger partial charge < -0.3 is 4.52 Å². The molecule has 14 heavy (non-hydrogen) atoms. The third kappa shape index (κ3) is 1.48. The van der Waals surface area contributed by atoms with Crippen LogP contribution in [0.15, 0.2) is 34.9 Å². The van der Waals surface area contributed by atoms with E-state index in [1.807, 2.05) is 6.07 Å². The van der Waals surface area contributed by atoms with Gasteiger partial charge in [0.25, 0.3) is 0 Å². The van der Waals surface area contributed by atoms with Crippen molar-refractivity contribution >= 4 is 0 Å². The molecule has 2 rings (SSSR count). The number of nitriles is 1. The average molecular weight is 188 g/mol. The van der Waals surface area contributed by atoms with Crippen molar-refractivity contribution in [2.75, 3.05) is 0 Å². The maximum absolute atomic E-state index is 12.8. The van der Waals surface area contributed by atoms with Gasteiger partial charge in [-0.2, -0.15) is 5.26 Å². The molecule has 0 spiro atoms. The van der Waals surface area contributed by atoms with Crippen LogP contribution in [0.1, 0.15) is 5.69 Å². The summed E-state index contributed by atoms with van der Waals surface area (Å²) in [5.74, 6) is 0.0402. The summed E-state index contributed by atoms with van der Waals surface area (Å²) >= 11 is 0. The lowest BCUT2D eigenvalue weighted by atomic mass is 10.1. The molecule has 0 N–H and O–H groups in total. The second-order valence-corrected chi connectivity index (χ2v) is 2.70. The molecular weight excluding hydrogens is 183 g/mol. The van der Waals surface area contributed by atoms with Crippen molar-refractivity contribution in [1.82, 2.24) is 5.16 Å². The monoisotopic (exact) mass is 188 g/mol. The van der Waals surface area contributed by atoms with Crippen molar-refractivity contribution in [2.45, 2.75) is 0 Å². The van der Waals surface area contributed by atoms with Crippen LogP contribution >= 0.6 is 0 Å². The van der Waals surface area contributed by atoms with Crippen LogP contribution in [0.25, 0.3) is 11.3 Å². The molecule has 68 valence electrons. The Morgan fingerprint density at radius 3 is 2.86 bits per heavy atom. The molecule has 4 heteroatoms. The highest BCUT2D eigenvalue weighted by Gasteiger charge is 2.06. The zero-order valence-electron chi connectivity index (χ0n) is 7.07. The Hall–Kier alpha value is -2.15. The predicted octanol–water partition coefficient (Wildman–Crippen LogP) is 2.35. The van der Waals surface area contributed by atoms with Gasteiger partial charge in [-0.25, -0.2) is 4.39 Å². The first kappa shape index (κ1) is 8.45. The molecule has 1 aromatic heterocycles. The lowest BCUT2D eigenvalue weighted by Crippen LogP contribution is -1.76. The van der Waals surface area contributed by atoms with Crippen LogP contribution in [0.4, 0.5) is 4.39 Å². The molecule has 0 saturated carbocycles. The minimum Gasteiger partial charge on any atom is -0.355 e. The maximum Gasteiger partial charge on any atom is 0.184 e. The Balaban J connectivity index is 2.45. The van der Waals surface area contributed by atoms with Crippen molar-refractivity contribution in [3.8, 4) is 17.4 Å². The molecule has 1 heterocycles. The minimum absolute atomic E-state index is 0.185. The van der Waals surface area contributed by atoms with Gasteiger partial charge in [-0.15, -0.1) is 0 Å². The first-order valence-corrected chi connectivity index (χ1v) is 3.92. The molecule has 0 aliphatic carbocycles.